The lowest BCUT2D eigenvalue weighted by Crippen LogP contribution is -2.44. The molecule has 1 aliphatic heterocycles. The smallest absolute Gasteiger partial charge is 0.227 e. The summed E-state index contributed by atoms with van der Waals surface area (Å²) in [5.74, 6) is 1.33. The molecule has 1 atom stereocenters. The van der Waals surface area contributed by atoms with E-state index in [1.165, 1.54) is 0 Å². The van der Waals surface area contributed by atoms with Crippen molar-refractivity contribution >= 4 is 11.8 Å². The summed E-state index contributed by atoms with van der Waals surface area (Å²) in [6, 6.07) is 7.64. The molecule has 24 heavy (non-hydrogen) atoms. The Kier molecular flexibility index (Phi) is 6.64. The minimum Gasteiger partial charge on any atom is -0.497 e. The third-order valence-electron chi connectivity index (χ3n) is 4.45. The lowest BCUT2D eigenvalue weighted by molar-refractivity contribution is -0.132. The third-order valence-corrected chi connectivity index (χ3v) is 4.45. The molecule has 0 spiro atoms. The largest absolute Gasteiger partial charge is 0.497 e. The number of carbonyl (C=O) groups excluding carboxylic acids is 2. The van der Waals surface area contributed by atoms with Crippen LogP contribution in [0.5, 0.6) is 5.75 Å². The van der Waals surface area contributed by atoms with Crippen LogP contribution in [0.2, 0.25) is 0 Å². The number of carbonyl (C=O) groups is 2. The van der Waals surface area contributed by atoms with E-state index < -0.39 is 0 Å². The van der Waals surface area contributed by atoms with Crippen molar-refractivity contribution in [1.82, 2.24) is 10.2 Å². The standard InChI is InChI=1S/C19H28N2O3/c1-14(2)19(23)20-12-16-7-5-9-21(13-16)18(22)11-15-6-4-8-17(10-15)24-3/h4,6,8,10,14,16H,5,7,9,11-13H2,1-3H3,(H,20,23)/t16-/m0/s1. The molecule has 5 nitrogen and oxygen atoms in total. The molecule has 0 aliphatic carbocycles. The quantitative estimate of drug-likeness (QED) is 0.869. The number of hydrogen-bond acceptors (Lipinski definition) is 3. The highest BCUT2D eigenvalue weighted by atomic mass is 16.5. The molecule has 0 unspecified atom stereocenters. The molecular formula is C19H28N2O3. The van der Waals surface area contributed by atoms with Gasteiger partial charge in [-0.1, -0.05) is 26.0 Å². The summed E-state index contributed by atoms with van der Waals surface area (Å²) >= 11 is 0. The van der Waals surface area contributed by atoms with E-state index in [1.807, 2.05) is 43.0 Å². The number of amides is 2. The van der Waals surface area contributed by atoms with Gasteiger partial charge in [0.15, 0.2) is 0 Å². The van der Waals surface area contributed by atoms with Gasteiger partial charge in [-0.15, -0.1) is 0 Å². The van der Waals surface area contributed by atoms with Crippen LogP contribution in [0.1, 0.15) is 32.3 Å². The van der Waals surface area contributed by atoms with Crippen molar-refractivity contribution in [3.05, 3.63) is 29.8 Å². The molecule has 1 N–H and O–H groups in total. The van der Waals surface area contributed by atoms with Crippen molar-refractivity contribution in [2.24, 2.45) is 11.8 Å². The van der Waals surface area contributed by atoms with Crippen LogP contribution >= 0.6 is 0 Å². The summed E-state index contributed by atoms with van der Waals surface area (Å²) in [7, 11) is 1.63. The van der Waals surface area contributed by atoms with Crippen molar-refractivity contribution in [2.75, 3.05) is 26.7 Å². The molecule has 1 aromatic rings. The van der Waals surface area contributed by atoms with Crippen LogP contribution in [0.3, 0.4) is 0 Å². The van der Waals surface area contributed by atoms with Crippen molar-refractivity contribution in [3.8, 4) is 5.75 Å². The summed E-state index contributed by atoms with van der Waals surface area (Å²) in [6.07, 6.45) is 2.44. The molecule has 0 saturated carbocycles. The molecule has 2 amide bonds. The van der Waals surface area contributed by atoms with Gasteiger partial charge in [0, 0.05) is 25.6 Å². The van der Waals surface area contributed by atoms with Crippen LogP contribution < -0.4 is 10.1 Å². The number of ether oxygens (including phenoxy) is 1. The second-order valence-electron chi connectivity index (χ2n) is 6.78. The van der Waals surface area contributed by atoms with Crippen LogP contribution in [0.15, 0.2) is 24.3 Å². The number of rotatable bonds is 6. The Labute approximate surface area is 144 Å². The summed E-state index contributed by atoms with van der Waals surface area (Å²) in [5.41, 5.74) is 0.967. The summed E-state index contributed by atoms with van der Waals surface area (Å²) in [6.45, 7) is 5.96. The minimum atomic E-state index is -0.000568. The van der Waals surface area contributed by atoms with Gasteiger partial charge < -0.3 is 15.0 Å². The molecule has 0 aromatic heterocycles. The molecular weight excluding hydrogens is 304 g/mol. The third kappa shape index (κ3) is 5.25. The van der Waals surface area contributed by atoms with E-state index in [4.69, 9.17) is 4.74 Å². The summed E-state index contributed by atoms with van der Waals surface area (Å²) in [5, 5.41) is 2.98. The Morgan fingerprint density at radius 3 is 2.88 bits per heavy atom. The fourth-order valence-corrected chi connectivity index (χ4v) is 2.98. The predicted molar refractivity (Wildman–Crippen MR) is 93.8 cm³/mol. The fraction of sp³-hybridized carbons (Fsp3) is 0.579. The second kappa shape index (κ2) is 8.71. The van der Waals surface area contributed by atoms with E-state index in [1.54, 1.807) is 7.11 Å². The van der Waals surface area contributed by atoms with Crippen LogP contribution in [0.4, 0.5) is 0 Å². The number of hydrogen-bond donors (Lipinski definition) is 1. The highest BCUT2D eigenvalue weighted by molar-refractivity contribution is 5.79. The van der Waals surface area contributed by atoms with Crippen LogP contribution in [-0.4, -0.2) is 43.5 Å². The minimum absolute atomic E-state index is 0.000568. The predicted octanol–water partition coefficient (Wildman–Crippen LogP) is 2.25. The van der Waals surface area contributed by atoms with Gasteiger partial charge in [0.05, 0.1) is 13.5 Å². The number of nitrogens with one attached hydrogen (secondary N) is 1. The maximum Gasteiger partial charge on any atom is 0.227 e. The molecule has 2 rings (SSSR count). The van der Waals surface area contributed by atoms with Crippen molar-refractivity contribution < 1.29 is 14.3 Å². The van der Waals surface area contributed by atoms with Crippen molar-refractivity contribution in [2.45, 2.75) is 33.1 Å². The molecule has 132 valence electrons. The van der Waals surface area contributed by atoms with Crippen LogP contribution in [0, 0.1) is 11.8 Å². The maximum atomic E-state index is 12.6. The van der Waals surface area contributed by atoms with E-state index in [-0.39, 0.29) is 17.7 Å². The van der Waals surface area contributed by atoms with Gasteiger partial charge in [-0.3, -0.25) is 9.59 Å². The number of methoxy groups -OCH3 is 1. The van der Waals surface area contributed by atoms with Crippen LogP contribution in [-0.2, 0) is 16.0 Å². The zero-order valence-corrected chi connectivity index (χ0v) is 14.9. The highest BCUT2D eigenvalue weighted by Gasteiger charge is 2.24. The molecule has 0 bridgehead atoms. The first-order valence-corrected chi connectivity index (χ1v) is 8.68. The zero-order valence-electron chi connectivity index (χ0n) is 14.9. The SMILES string of the molecule is COc1cccc(CC(=O)N2CCC[C@@H](CNC(=O)C(C)C)C2)c1. The van der Waals surface area contributed by atoms with Crippen molar-refractivity contribution in [3.63, 3.8) is 0 Å². The second-order valence-corrected chi connectivity index (χ2v) is 6.78. The van der Waals surface area contributed by atoms with E-state index in [9.17, 15) is 9.59 Å². The normalized spacial score (nSPS) is 17.7. The highest BCUT2D eigenvalue weighted by Crippen LogP contribution is 2.18. The number of nitrogens with zero attached hydrogens (tertiary/aromatic N) is 1. The number of piperidine rings is 1. The van der Waals surface area contributed by atoms with E-state index in [0.717, 1.165) is 37.2 Å². The van der Waals surface area contributed by atoms with Gasteiger partial charge in [0.25, 0.3) is 0 Å². The number of likely N-dealkylation sites (tertiary alicyclic amines) is 1. The molecule has 1 aromatic carbocycles. The Balaban J connectivity index is 1.86. The maximum absolute atomic E-state index is 12.6. The van der Waals surface area contributed by atoms with E-state index in [0.29, 0.717) is 18.9 Å². The lowest BCUT2D eigenvalue weighted by atomic mass is 9.97. The van der Waals surface area contributed by atoms with Crippen molar-refractivity contribution in [1.29, 1.82) is 0 Å². The summed E-state index contributed by atoms with van der Waals surface area (Å²) in [4.78, 5) is 26.2. The van der Waals surface area contributed by atoms with Gasteiger partial charge in [-0.25, -0.2) is 0 Å². The van der Waals surface area contributed by atoms with Gasteiger partial charge in [-0.2, -0.15) is 0 Å². The first-order chi connectivity index (χ1) is 11.5. The van der Waals surface area contributed by atoms with E-state index >= 15 is 0 Å². The Morgan fingerprint density at radius 2 is 2.17 bits per heavy atom. The fourth-order valence-electron chi connectivity index (χ4n) is 2.98. The Hall–Kier alpha value is -2.04. The first-order valence-electron chi connectivity index (χ1n) is 8.68. The average molecular weight is 332 g/mol. The topological polar surface area (TPSA) is 58.6 Å². The zero-order chi connectivity index (χ0) is 17.5. The molecule has 1 aliphatic rings. The monoisotopic (exact) mass is 332 g/mol. The average Bonchev–Trinajstić information content (AvgIpc) is 2.59. The molecule has 1 saturated heterocycles. The van der Waals surface area contributed by atoms with E-state index in [2.05, 4.69) is 5.32 Å². The van der Waals surface area contributed by atoms with Crippen LogP contribution in [0.25, 0.3) is 0 Å². The Morgan fingerprint density at radius 1 is 1.38 bits per heavy atom. The molecule has 1 heterocycles. The summed E-state index contributed by atoms with van der Waals surface area (Å²) < 4.78 is 5.21. The molecule has 0 radical (unpaired) electrons. The number of benzene rings is 1. The van der Waals surface area contributed by atoms with Gasteiger partial charge in [-0.05, 0) is 36.5 Å². The Bertz CT molecular complexity index is 571. The molecule has 5 heteroatoms. The first kappa shape index (κ1) is 18.3. The lowest BCUT2D eigenvalue weighted by Gasteiger charge is -2.33. The van der Waals surface area contributed by atoms with Gasteiger partial charge >= 0.3 is 0 Å². The van der Waals surface area contributed by atoms with Gasteiger partial charge in [0.1, 0.15) is 5.75 Å². The molecule has 1 fully saturated rings. The van der Waals surface area contributed by atoms with Gasteiger partial charge in [0.2, 0.25) is 11.8 Å².